The maximum atomic E-state index is 12.6. The summed E-state index contributed by atoms with van der Waals surface area (Å²) in [6.45, 7) is 0.293. The van der Waals surface area contributed by atoms with Gasteiger partial charge in [-0.2, -0.15) is 26.3 Å². The number of rotatable bonds is 6. The number of aryl methyl sites for hydroxylation is 1. The molecule has 0 radical (unpaired) electrons. The number of benzene rings is 1. The molecule has 0 fully saturated rings. The van der Waals surface area contributed by atoms with E-state index in [1.54, 1.807) is 12.1 Å². The molecule has 1 N–H and O–H groups in total. The summed E-state index contributed by atoms with van der Waals surface area (Å²) >= 11 is 3.38. The van der Waals surface area contributed by atoms with Crippen molar-refractivity contribution >= 4 is 32.7 Å². The first-order valence-electron chi connectivity index (χ1n) is 8.39. The quantitative estimate of drug-likeness (QED) is 0.468. The third-order valence-electron chi connectivity index (χ3n) is 4.05. The molecule has 156 valence electrons. The summed E-state index contributed by atoms with van der Waals surface area (Å²) < 4.78 is 76.5. The predicted octanol–water partition coefficient (Wildman–Crippen LogP) is 5.56. The minimum atomic E-state index is -4.49. The summed E-state index contributed by atoms with van der Waals surface area (Å²) in [7, 11) is 0. The van der Waals surface area contributed by atoms with Crippen LogP contribution in [0.3, 0.4) is 0 Å². The van der Waals surface area contributed by atoms with Gasteiger partial charge in [-0.15, -0.1) is 5.10 Å². The molecule has 0 spiro atoms. The van der Waals surface area contributed by atoms with Crippen LogP contribution in [0.2, 0.25) is 0 Å². The normalized spacial score (nSPS) is 12.5. The number of halogens is 7. The van der Waals surface area contributed by atoms with Crippen LogP contribution in [0.1, 0.15) is 24.1 Å². The van der Waals surface area contributed by atoms with Crippen LogP contribution < -0.4 is 5.32 Å². The molecular weight excluding hydrogens is 468 g/mol. The Morgan fingerprint density at radius 3 is 2.41 bits per heavy atom. The molecule has 5 nitrogen and oxygen atoms in total. The van der Waals surface area contributed by atoms with E-state index in [0.717, 1.165) is 12.3 Å². The minimum absolute atomic E-state index is 0.0758. The average Bonchev–Trinajstić information content (AvgIpc) is 3.04. The Morgan fingerprint density at radius 1 is 1.03 bits per heavy atom. The molecule has 0 bridgehead atoms. The second-order valence-corrected chi connectivity index (χ2v) is 7.02. The van der Waals surface area contributed by atoms with Crippen molar-refractivity contribution in [2.75, 3.05) is 5.32 Å². The van der Waals surface area contributed by atoms with Gasteiger partial charge in [-0.05, 0) is 46.1 Å². The van der Waals surface area contributed by atoms with Crippen molar-refractivity contribution in [1.29, 1.82) is 0 Å². The van der Waals surface area contributed by atoms with Crippen LogP contribution in [0, 0.1) is 0 Å². The molecule has 2 heterocycles. The Morgan fingerprint density at radius 2 is 1.79 bits per heavy atom. The number of anilines is 1. The molecule has 2 aromatic heterocycles. The van der Waals surface area contributed by atoms with Gasteiger partial charge in [-0.3, -0.25) is 4.98 Å². The van der Waals surface area contributed by atoms with Gasteiger partial charge in [0.05, 0.1) is 15.7 Å². The van der Waals surface area contributed by atoms with Gasteiger partial charge in [0.25, 0.3) is 0 Å². The summed E-state index contributed by atoms with van der Waals surface area (Å²) in [5, 5.41) is 10.9. The summed E-state index contributed by atoms with van der Waals surface area (Å²) in [4.78, 5) is 3.40. The van der Waals surface area contributed by atoms with Gasteiger partial charge in [0.2, 0.25) is 0 Å². The lowest BCUT2D eigenvalue weighted by molar-refractivity contribution is -0.141. The van der Waals surface area contributed by atoms with E-state index in [0.29, 0.717) is 26.8 Å². The zero-order valence-electron chi connectivity index (χ0n) is 14.6. The van der Waals surface area contributed by atoms with Crippen molar-refractivity contribution in [1.82, 2.24) is 20.0 Å². The molecule has 1 aromatic carbocycles. The Balaban J connectivity index is 1.69. The topological polar surface area (TPSA) is 55.6 Å². The monoisotopic (exact) mass is 481 g/mol. The smallest absolute Gasteiger partial charge is 0.380 e. The Kier molecular flexibility index (Phi) is 6.01. The van der Waals surface area contributed by atoms with Crippen LogP contribution in [0.5, 0.6) is 0 Å². The molecule has 0 aliphatic rings. The van der Waals surface area contributed by atoms with Gasteiger partial charge in [0.1, 0.15) is 11.2 Å². The molecule has 0 saturated heterocycles. The molecule has 0 aliphatic heterocycles. The minimum Gasteiger partial charge on any atom is -0.380 e. The lowest BCUT2D eigenvalue weighted by Gasteiger charge is -2.10. The zero-order chi connectivity index (χ0) is 21.2. The summed E-state index contributed by atoms with van der Waals surface area (Å²) in [6.07, 6.45) is -8.59. The second kappa shape index (κ2) is 8.17. The molecule has 3 rings (SSSR count). The van der Waals surface area contributed by atoms with E-state index in [2.05, 4.69) is 36.5 Å². The summed E-state index contributed by atoms with van der Waals surface area (Å²) in [5.41, 5.74) is 1.22. The van der Waals surface area contributed by atoms with Crippen molar-refractivity contribution in [3.8, 4) is 0 Å². The third kappa shape index (κ3) is 5.37. The van der Waals surface area contributed by atoms with Gasteiger partial charge < -0.3 is 5.32 Å². The number of fused-ring (bicyclic) bond motifs is 1. The van der Waals surface area contributed by atoms with Crippen LogP contribution in [-0.4, -0.2) is 26.2 Å². The number of alkyl halides is 6. The number of nitrogens with one attached hydrogen (secondary N) is 1. The van der Waals surface area contributed by atoms with Gasteiger partial charge in [0.15, 0.2) is 0 Å². The fraction of sp³-hybridized carbons (Fsp3) is 0.353. The Labute approximate surface area is 169 Å². The Hall–Kier alpha value is -2.37. The van der Waals surface area contributed by atoms with Crippen LogP contribution in [0.15, 0.2) is 34.9 Å². The highest BCUT2D eigenvalue weighted by Crippen LogP contribution is 2.31. The van der Waals surface area contributed by atoms with Gasteiger partial charge in [0, 0.05) is 25.7 Å². The van der Waals surface area contributed by atoms with Crippen LogP contribution >= 0.6 is 15.9 Å². The highest BCUT2D eigenvalue weighted by Gasteiger charge is 2.32. The van der Waals surface area contributed by atoms with Crippen molar-refractivity contribution < 1.29 is 26.3 Å². The lowest BCUT2D eigenvalue weighted by atomic mass is 10.2. The Bertz CT molecular complexity index is 981. The average molecular weight is 482 g/mol. The fourth-order valence-corrected chi connectivity index (χ4v) is 3.18. The van der Waals surface area contributed by atoms with Crippen molar-refractivity contribution in [2.24, 2.45) is 0 Å². The fourth-order valence-electron chi connectivity index (χ4n) is 2.63. The van der Waals surface area contributed by atoms with Crippen LogP contribution in [0.25, 0.3) is 11.0 Å². The SMILES string of the molecule is FC(F)(F)CCCn1nnc2c(Br)c(NCc3ccc(C(F)(F)F)nc3)ccc21. The van der Waals surface area contributed by atoms with E-state index in [9.17, 15) is 26.3 Å². The van der Waals surface area contributed by atoms with Gasteiger partial charge in [-0.1, -0.05) is 11.3 Å². The lowest BCUT2D eigenvalue weighted by Crippen LogP contribution is -2.10. The molecule has 0 amide bonds. The van der Waals surface area contributed by atoms with Crippen molar-refractivity contribution in [2.45, 2.75) is 38.3 Å². The maximum Gasteiger partial charge on any atom is 0.433 e. The molecule has 0 unspecified atom stereocenters. The molecule has 0 saturated carbocycles. The first kappa shape index (κ1) is 21.3. The number of nitrogens with zero attached hydrogens (tertiary/aromatic N) is 4. The summed E-state index contributed by atoms with van der Waals surface area (Å²) in [5.74, 6) is 0. The van der Waals surface area contributed by atoms with Crippen molar-refractivity contribution in [3.05, 3.63) is 46.2 Å². The van der Waals surface area contributed by atoms with Crippen LogP contribution in [-0.2, 0) is 19.3 Å². The van der Waals surface area contributed by atoms with Gasteiger partial charge in [-0.25, -0.2) is 4.68 Å². The molecule has 0 aliphatic carbocycles. The number of hydrogen-bond donors (Lipinski definition) is 1. The van der Waals surface area contributed by atoms with Crippen LogP contribution in [0.4, 0.5) is 32.0 Å². The zero-order valence-corrected chi connectivity index (χ0v) is 16.2. The van der Waals surface area contributed by atoms with E-state index in [4.69, 9.17) is 0 Å². The first-order chi connectivity index (χ1) is 13.5. The highest BCUT2D eigenvalue weighted by molar-refractivity contribution is 9.10. The molecule has 0 atom stereocenters. The van der Waals surface area contributed by atoms with E-state index >= 15 is 0 Å². The van der Waals surface area contributed by atoms with Crippen molar-refractivity contribution in [3.63, 3.8) is 0 Å². The number of hydrogen-bond acceptors (Lipinski definition) is 4. The molecule has 12 heteroatoms. The van der Waals surface area contributed by atoms with Gasteiger partial charge >= 0.3 is 12.4 Å². The first-order valence-corrected chi connectivity index (χ1v) is 9.18. The largest absolute Gasteiger partial charge is 0.433 e. The van der Waals surface area contributed by atoms with E-state index in [1.807, 2.05) is 0 Å². The van der Waals surface area contributed by atoms with E-state index < -0.39 is 24.5 Å². The maximum absolute atomic E-state index is 12.6. The standard InChI is InChI=1S/C17H14BrF6N5/c18-14-11(25-8-10-2-5-13(26-9-10)17(22,23)24)3-4-12-15(14)27-28-29(12)7-1-6-16(19,20)21/h2-5,9,25H,1,6-8H2. The predicted molar refractivity (Wildman–Crippen MR) is 97.1 cm³/mol. The number of aromatic nitrogens is 4. The molecule has 29 heavy (non-hydrogen) atoms. The third-order valence-corrected chi connectivity index (χ3v) is 4.86. The highest BCUT2D eigenvalue weighted by atomic mass is 79.9. The second-order valence-electron chi connectivity index (χ2n) is 6.23. The van der Waals surface area contributed by atoms with E-state index in [1.165, 1.54) is 10.7 Å². The van der Waals surface area contributed by atoms with E-state index in [-0.39, 0.29) is 19.5 Å². The summed E-state index contributed by atoms with van der Waals surface area (Å²) in [6, 6.07) is 5.59. The molecule has 3 aromatic rings. The molecular formula is C17H14BrF6N5. The number of pyridine rings is 1.